The molecule has 31 heavy (non-hydrogen) atoms. The molecule has 0 heterocycles. The van der Waals surface area contributed by atoms with Crippen molar-refractivity contribution in [3.05, 3.63) is 58.6 Å². The van der Waals surface area contributed by atoms with Gasteiger partial charge in [0.1, 0.15) is 0 Å². The third-order valence-electron chi connectivity index (χ3n) is 5.19. The standard InChI is InChI=1S/C23H26ClN3O4/c1-31-23(30)15-7-9-16(10-8-15)25-14-21(28)26-18-11-12-20(24)19(13-18)22(29)27-17-5-3-2-4-6-17/h7-13,17,25H,2-6,14H2,1H3,(H,26,28)(H,27,29). The Morgan fingerprint density at radius 1 is 1.00 bits per heavy atom. The van der Waals surface area contributed by atoms with Crippen LogP contribution in [0.2, 0.25) is 5.02 Å². The van der Waals surface area contributed by atoms with E-state index in [2.05, 4.69) is 20.7 Å². The van der Waals surface area contributed by atoms with Gasteiger partial charge in [-0.1, -0.05) is 30.9 Å². The monoisotopic (exact) mass is 443 g/mol. The lowest BCUT2D eigenvalue weighted by Gasteiger charge is -2.23. The summed E-state index contributed by atoms with van der Waals surface area (Å²) in [5.74, 6) is -0.926. The van der Waals surface area contributed by atoms with E-state index in [1.165, 1.54) is 13.5 Å². The number of ether oxygens (including phenoxy) is 1. The Bertz CT molecular complexity index is 940. The van der Waals surface area contributed by atoms with Crippen LogP contribution in [0.1, 0.15) is 52.8 Å². The summed E-state index contributed by atoms with van der Waals surface area (Å²) >= 11 is 6.21. The summed E-state index contributed by atoms with van der Waals surface area (Å²) in [4.78, 5) is 36.4. The van der Waals surface area contributed by atoms with E-state index in [9.17, 15) is 14.4 Å². The van der Waals surface area contributed by atoms with Gasteiger partial charge in [-0.3, -0.25) is 9.59 Å². The maximum atomic E-state index is 12.6. The first kappa shape index (κ1) is 22.6. The Balaban J connectivity index is 1.55. The number of methoxy groups -OCH3 is 1. The molecule has 0 atom stereocenters. The topological polar surface area (TPSA) is 96.5 Å². The molecule has 164 valence electrons. The molecule has 0 bridgehead atoms. The predicted octanol–water partition coefficient (Wildman–Crippen LogP) is 4.24. The highest BCUT2D eigenvalue weighted by atomic mass is 35.5. The molecule has 1 fully saturated rings. The Morgan fingerprint density at radius 3 is 2.35 bits per heavy atom. The third-order valence-corrected chi connectivity index (χ3v) is 5.52. The molecule has 0 spiro atoms. The predicted molar refractivity (Wildman–Crippen MR) is 121 cm³/mol. The number of hydrogen-bond acceptors (Lipinski definition) is 5. The van der Waals surface area contributed by atoms with Gasteiger partial charge in [0, 0.05) is 17.4 Å². The van der Waals surface area contributed by atoms with Crippen LogP contribution < -0.4 is 16.0 Å². The molecule has 1 aliphatic rings. The van der Waals surface area contributed by atoms with E-state index in [4.69, 9.17) is 11.6 Å². The van der Waals surface area contributed by atoms with Gasteiger partial charge in [-0.15, -0.1) is 0 Å². The number of halogens is 1. The van der Waals surface area contributed by atoms with Crippen molar-refractivity contribution in [2.75, 3.05) is 24.3 Å². The van der Waals surface area contributed by atoms with E-state index in [-0.39, 0.29) is 24.4 Å². The van der Waals surface area contributed by atoms with Crippen LogP contribution in [0.15, 0.2) is 42.5 Å². The minimum absolute atomic E-state index is 0.0177. The zero-order valence-electron chi connectivity index (χ0n) is 17.4. The molecule has 8 heteroatoms. The van der Waals surface area contributed by atoms with Crippen molar-refractivity contribution >= 4 is 40.8 Å². The fourth-order valence-electron chi connectivity index (χ4n) is 3.52. The minimum Gasteiger partial charge on any atom is -0.465 e. The highest BCUT2D eigenvalue weighted by Crippen LogP contribution is 2.23. The Kier molecular flexibility index (Phi) is 7.89. The average molecular weight is 444 g/mol. The Morgan fingerprint density at radius 2 is 1.68 bits per heavy atom. The van der Waals surface area contributed by atoms with Gasteiger partial charge in [-0.05, 0) is 55.3 Å². The largest absolute Gasteiger partial charge is 0.465 e. The number of benzene rings is 2. The van der Waals surface area contributed by atoms with Crippen molar-refractivity contribution in [1.82, 2.24) is 5.32 Å². The Labute approximate surface area is 186 Å². The minimum atomic E-state index is -0.421. The first-order valence-electron chi connectivity index (χ1n) is 10.3. The number of esters is 1. The highest BCUT2D eigenvalue weighted by Gasteiger charge is 2.19. The first-order valence-corrected chi connectivity index (χ1v) is 10.7. The van der Waals surface area contributed by atoms with Crippen LogP contribution in [0.3, 0.4) is 0 Å². The van der Waals surface area contributed by atoms with Crippen molar-refractivity contribution in [2.45, 2.75) is 38.1 Å². The molecule has 0 unspecified atom stereocenters. The van der Waals surface area contributed by atoms with Crippen molar-refractivity contribution in [3.8, 4) is 0 Å². The van der Waals surface area contributed by atoms with Crippen molar-refractivity contribution in [3.63, 3.8) is 0 Å². The highest BCUT2D eigenvalue weighted by molar-refractivity contribution is 6.34. The van der Waals surface area contributed by atoms with Crippen molar-refractivity contribution in [1.29, 1.82) is 0 Å². The summed E-state index contributed by atoms with van der Waals surface area (Å²) in [6.45, 7) is 0.0177. The molecule has 1 aliphatic carbocycles. The molecule has 2 aromatic rings. The van der Waals surface area contributed by atoms with Gasteiger partial charge in [-0.2, -0.15) is 0 Å². The lowest BCUT2D eigenvalue weighted by molar-refractivity contribution is -0.114. The Hall–Kier alpha value is -3.06. The zero-order chi connectivity index (χ0) is 22.2. The van der Waals surface area contributed by atoms with Crippen LogP contribution in [0.5, 0.6) is 0 Å². The van der Waals surface area contributed by atoms with Crippen LogP contribution in [0.4, 0.5) is 11.4 Å². The number of anilines is 2. The van der Waals surface area contributed by atoms with Crippen molar-refractivity contribution in [2.24, 2.45) is 0 Å². The third kappa shape index (κ3) is 6.46. The molecule has 3 N–H and O–H groups in total. The van der Waals surface area contributed by atoms with E-state index in [0.29, 0.717) is 27.5 Å². The van der Waals surface area contributed by atoms with Crippen LogP contribution >= 0.6 is 11.6 Å². The quantitative estimate of drug-likeness (QED) is 0.556. The zero-order valence-corrected chi connectivity index (χ0v) is 18.1. The first-order chi connectivity index (χ1) is 15.0. The van der Waals surface area contributed by atoms with Crippen LogP contribution in [-0.2, 0) is 9.53 Å². The van der Waals surface area contributed by atoms with Gasteiger partial charge in [0.15, 0.2) is 0 Å². The summed E-state index contributed by atoms with van der Waals surface area (Å²) in [6.07, 6.45) is 5.40. The molecular formula is C23H26ClN3O4. The second-order valence-electron chi connectivity index (χ2n) is 7.47. The summed E-state index contributed by atoms with van der Waals surface area (Å²) in [5, 5.41) is 9.13. The maximum Gasteiger partial charge on any atom is 0.337 e. The second-order valence-corrected chi connectivity index (χ2v) is 7.88. The van der Waals surface area contributed by atoms with E-state index < -0.39 is 5.97 Å². The molecule has 0 aromatic heterocycles. The molecule has 7 nitrogen and oxygen atoms in total. The number of hydrogen-bond donors (Lipinski definition) is 3. The van der Waals surface area contributed by atoms with E-state index in [0.717, 1.165) is 25.7 Å². The summed E-state index contributed by atoms with van der Waals surface area (Å²) < 4.78 is 4.66. The number of amides is 2. The molecule has 2 amide bonds. The summed E-state index contributed by atoms with van der Waals surface area (Å²) in [7, 11) is 1.32. The molecule has 0 aliphatic heterocycles. The smallest absolute Gasteiger partial charge is 0.337 e. The average Bonchev–Trinajstić information content (AvgIpc) is 2.79. The maximum absolute atomic E-state index is 12.6. The van der Waals surface area contributed by atoms with Gasteiger partial charge in [0.05, 0.1) is 29.8 Å². The SMILES string of the molecule is COC(=O)c1ccc(NCC(=O)Nc2ccc(Cl)c(C(=O)NC3CCCCC3)c2)cc1. The van der Waals surface area contributed by atoms with Gasteiger partial charge in [-0.25, -0.2) is 4.79 Å². The van der Waals surface area contributed by atoms with Gasteiger partial charge in [0.25, 0.3) is 5.91 Å². The molecule has 0 radical (unpaired) electrons. The molecular weight excluding hydrogens is 418 g/mol. The normalized spacial score (nSPS) is 13.9. The lowest BCUT2D eigenvalue weighted by atomic mass is 9.95. The number of nitrogens with one attached hydrogen (secondary N) is 3. The molecule has 0 saturated heterocycles. The van der Waals surface area contributed by atoms with Crippen molar-refractivity contribution < 1.29 is 19.1 Å². The molecule has 1 saturated carbocycles. The van der Waals surface area contributed by atoms with E-state index >= 15 is 0 Å². The van der Waals surface area contributed by atoms with E-state index in [1.54, 1.807) is 42.5 Å². The lowest BCUT2D eigenvalue weighted by Crippen LogP contribution is -2.36. The number of carbonyl (C=O) groups is 3. The van der Waals surface area contributed by atoms with Gasteiger partial charge < -0.3 is 20.7 Å². The molecule has 3 rings (SSSR count). The summed E-state index contributed by atoms with van der Waals surface area (Å²) in [6, 6.07) is 11.6. The van der Waals surface area contributed by atoms with Crippen LogP contribution in [-0.4, -0.2) is 37.5 Å². The summed E-state index contributed by atoms with van der Waals surface area (Å²) in [5.41, 5.74) is 1.95. The number of rotatable bonds is 7. The fraction of sp³-hybridized carbons (Fsp3) is 0.348. The second kappa shape index (κ2) is 10.8. The molecule has 2 aromatic carbocycles. The number of carbonyl (C=O) groups excluding carboxylic acids is 3. The van der Waals surface area contributed by atoms with Gasteiger partial charge in [0.2, 0.25) is 5.91 Å². The van der Waals surface area contributed by atoms with Gasteiger partial charge >= 0.3 is 5.97 Å². The fourth-order valence-corrected chi connectivity index (χ4v) is 3.72. The van der Waals surface area contributed by atoms with Crippen LogP contribution in [0.25, 0.3) is 0 Å². The van der Waals surface area contributed by atoms with Crippen LogP contribution in [0, 0.1) is 0 Å². The van der Waals surface area contributed by atoms with E-state index in [1.807, 2.05) is 0 Å².